The third-order valence-corrected chi connectivity index (χ3v) is 3.08. The number of rotatable bonds is 4. The average molecular weight is 296 g/mol. The van der Waals surface area contributed by atoms with E-state index in [9.17, 15) is 0 Å². The third-order valence-electron chi connectivity index (χ3n) is 2.63. The molecule has 1 aromatic carbocycles. The second-order valence-electron chi connectivity index (χ2n) is 4.23. The number of nitrogens with two attached hydrogens (primary N) is 1. The monoisotopic (exact) mass is 295 g/mol. The molecule has 0 bridgehead atoms. The molecule has 1 unspecified atom stereocenters. The number of oxazole rings is 1. The van der Waals surface area contributed by atoms with Crippen molar-refractivity contribution < 1.29 is 4.42 Å². The predicted octanol–water partition coefficient (Wildman–Crippen LogP) is 3.44. The molecule has 2 aromatic rings. The zero-order chi connectivity index (χ0) is 14.0. The Kier molecular flexibility index (Phi) is 4.07. The number of halogens is 1. The van der Waals surface area contributed by atoms with Gasteiger partial charge in [0.15, 0.2) is 0 Å². The first kappa shape index (κ1) is 13.8. The average Bonchev–Trinajstić information content (AvgIpc) is 2.78. The van der Waals surface area contributed by atoms with Gasteiger partial charge in [0.2, 0.25) is 5.89 Å². The molecule has 0 aliphatic rings. The summed E-state index contributed by atoms with van der Waals surface area (Å²) >= 11 is 11.0. The number of hydrogen-bond donors (Lipinski definition) is 2. The van der Waals surface area contributed by atoms with Gasteiger partial charge in [0.1, 0.15) is 16.8 Å². The lowest BCUT2D eigenvalue weighted by Crippen LogP contribution is -2.15. The molecule has 0 aliphatic heterocycles. The summed E-state index contributed by atoms with van der Waals surface area (Å²) in [5.41, 5.74) is 7.21. The van der Waals surface area contributed by atoms with Crippen molar-refractivity contribution >= 4 is 34.5 Å². The van der Waals surface area contributed by atoms with Gasteiger partial charge in [-0.25, -0.2) is 4.98 Å². The molecule has 1 atom stereocenters. The van der Waals surface area contributed by atoms with Gasteiger partial charge in [0, 0.05) is 16.3 Å². The van der Waals surface area contributed by atoms with E-state index in [0.717, 1.165) is 11.4 Å². The van der Waals surface area contributed by atoms with Crippen LogP contribution in [0, 0.1) is 6.92 Å². The lowest BCUT2D eigenvalue weighted by molar-refractivity contribution is 0.453. The fraction of sp³-hybridized carbons (Fsp3) is 0.231. The van der Waals surface area contributed by atoms with Gasteiger partial charge in [-0.3, -0.25) is 0 Å². The van der Waals surface area contributed by atoms with Crippen LogP contribution in [-0.4, -0.2) is 9.97 Å². The number of anilines is 1. The van der Waals surface area contributed by atoms with Crippen LogP contribution in [0.3, 0.4) is 0 Å². The van der Waals surface area contributed by atoms with Crippen LogP contribution in [-0.2, 0) is 0 Å². The number of nitrogens with zero attached hydrogens (tertiary/aromatic N) is 1. The van der Waals surface area contributed by atoms with E-state index in [1.54, 1.807) is 18.3 Å². The SMILES string of the molecule is Cc1cnc(C(C)Nc2ccc(Cl)cc2C(N)=S)o1. The smallest absolute Gasteiger partial charge is 0.216 e. The normalized spacial score (nSPS) is 12.2. The van der Waals surface area contributed by atoms with Crippen LogP contribution in [0.25, 0.3) is 0 Å². The highest BCUT2D eigenvalue weighted by Gasteiger charge is 2.14. The maximum atomic E-state index is 5.94. The molecule has 2 rings (SSSR count). The summed E-state index contributed by atoms with van der Waals surface area (Å²) in [5.74, 6) is 1.38. The molecule has 19 heavy (non-hydrogen) atoms. The van der Waals surface area contributed by atoms with Gasteiger partial charge >= 0.3 is 0 Å². The number of aryl methyl sites for hydroxylation is 1. The quantitative estimate of drug-likeness (QED) is 0.846. The zero-order valence-electron chi connectivity index (χ0n) is 10.6. The van der Waals surface area contributed by atoms with E-state index in [2.05, 4.69) is 10.3 Å². The van der Waals surface area contributed by atoms with Gasteiger partial charge in [-0.2, -0.15) is 0 Å². The molecular weight excluding hydrogens is 282 g/mol. The van der Waals surface area contributed by atoms with Gasteiger partial charge in [-0.15, -0.1) is 0 Å². The first-order chi connectivity index (χ1) is 8.97. The van der Waals surface area contributed by atoms with E-state index in [1.807, 2.05) is 19.9 Å². The van der Waals surface area contributed by atoms with Crippen molar-refractivity contribution in [3.05, 3.63) is 46.6 Å². The summed E-state index contributed by atoms with van der Waals surface area (Å²) in [5, 5.41) is 3.86. The van der Waals surface area contributed by atoms with Crippen LogP contribution < -0.4 is 11.1 Å². The van der Waals surface area contributed by atoms with Gasteiger partial charge in [-0.1, -0.05) is 23.8 Å². The minimum Gasteiger partial charge on any atom is -0.444 e. The first-order valence-corrected chi connectivity index (χ1v) is 6.54. The van der Waals surface area contributed by atoms with Crippen LogP contribution >= 0.6 is 23.8 Å². The standard InChI is InChI=1S/C13H14ClN3OS/c1-7-6-16-13(18-7)8(2)17-11-4-3-9(14)5-10(11)12(15)19/h3-6,8,17H,1-2H3,(H2,15,19). The van der Waals surface area contributed by atoms with Crippen LogP contribution in [0.1, 0.15) is 30.2 Å². The number of nitrogens with one attached hydrogen (secondary N) is 1. The second kappa shape index (κ2) is 5.59. The Morgan fingerprint density at radius 3 is 2.84 bits per heavy atom. The van der Waals surface area contributed by atoms with E-state index in [0.29, 0.717) is 21.5 Å². The maximum Gasteiger partial charge on any atom is 0.216 e. The Morgan fingerprint density at radius 1 is 1.53 bits per heavy atom. The number of hydrogen-bond acceptors (Lipinski definition) is 4. The minimum atomic E-state index is -0.0945. The fourth-order valence-electron chi connectivity index (χ4n) is 1.71. The summed E-state index contributed by atoms with van der Waals surface area (Å²) < 4.78 is 5.48. The van der Waals surface area contributed by atoms with E-state index >= 15 is 0 Å². The fourth-order valence-corrected chi connectivity index (χ4v) is 2.05. The predicted molar refractivity (Wildman–Crippen MR) is 80.6 cm³/mol. The molecule has 0 amide bonds. The van der Waals surface area contributed by atoms with Crippen LogP contribution in [0.15, 0.2) is 28.8 Å². The van der Waals surface area contributed by atoms with Crippen molar-refractivity contribution in [2.75, 3.05) is 5.32 Å². The molecule has 0 fully saturated rings. The first-order valence-electron chi connectivity index (χ1n) is 5.75. The third kappa shape index (κ3) is 3.24. The van der Waals surface area contributed by atoms with Gasteiger partial charge in [-0.05, 0) is 32.0 Å². The van der Waals surface area contributed by atoms with Gasteiger partial charge < -0.3 is 15.5 Å². The zero-order valence-corrected chi connectivity index (χ0v) is 12.2. The summed E-state index contributed by atoms with van der Waals surface area (Å²) in [4.78, 5) is 4.48. The Morgan fingerprint density at radius 2 is 2.26 bits per heavy atom. The molecule has 1 aromatic heterocycles. The highest BCUT2D eigenvalue weighted by Crippen LogP contribution is 2.25. The van der Waals surface area contributed by atoms with Crippen LogP contribution in [0.2, 0.25) is 5.02 Å². The summed E-state index contributed by atoms with van der Waals surface area (Å²) in [6, 6.07) is 5.25. The van der Waals surface area contributed by atoms with Crippen LogP contribution in [0.4, 0.5) is 5.69 Å². The Labute approximate surface area is 122 Å². The molecule has 3 N–H and O–H groups in total. The van der Waals surface area contributed by atoms with E-state index in [4.69, 9.17) is 34.0 Å². The molecule has 0 saturated carbocycles. The molecule has 1 heterocycles. The van der Waals surface area contributed by atoms with Crippen molar-refractivity contribution in [1.82, 2.24) is 4.98 Å². The summed E-state index contributed by atoms with van der Waals surface area (Å²) in [7, 11) is 0. The van der Waals surface area contributed by atoms with Crippen molar-refractivity contribution in [3.8, 4) is 0 Å². The number of thiocarbonyl (C=S) groups is 1. The molecule has 0 saturated heterocycles. The molecule has 4 nitrogen and oxygen atoms in total. The lowest BCUT2D eigenvalue weighted by atomic mass is 10.1. The minimum absolute atomic E-state index is 0.0945. The van der Waals surface area contributed by atoms with Gasteiger partial charge in [0.25, 0.3) is 0 Å². The highest BCUT2D eigenvalue weighted by molar-refractivity contribution is 7.80. The van der Waals surface area contributed by atoms with Crippen molar-refractivity contribution in [2.24, 2.45) is 5.73 Å². The maximum absolute atomic E-state index is 5.94. The molecule has 6 heteroatoms. The van der Waals surface area contributed by atoms with Crippen molar-refractivity contribution in [1.29, 1.82) is 0 Å². The largest absolute Gasteiger partial charge is 0.444 e. The number of aromatic nitrogens is 1. The van der Waals surface area contributed by atoms with Gasteiger partial charge in [0.05, 0.1) is 6.20 Å². The lowest BCUT2D eigenvalue weighted by Gasteiger charge is -2.15. The van der Waals surface area contributed by atoms with E-state index in [-0.39, 0.29) is 6.04 Å². The Hall–Kier alpha value is -1.59. The highest BCUT2D eigenvalue weighted by atomic mass is 35.5. The molecule has 100 valence electrons. The molecule has 0 radical (unpaired) electrons. The van der Waals surface area contributed by atoms with E-state index < -0.39 is 0 Å². The summed E-state index contributed by atoms with van der Waals surface area (Å²) in [6.07, 6.45) is 1.68. The van der Waals surface area contributed by atoms with Crippen molar-refractivity contribution in [2.45, 2.75) is 19.9 Å². The molecular formula is C13H14ClN3OS. The number of benzene rings is 1. The van der Waals surface area contributed by atoms with Crippen molar-refractivity contribution in [3.63, 3.8) is 0 Å². The summed E-state index contributed by atoms with van der Waals surface area (Å²) in [6.45, 7) is 3.80. The molecule has 0 spiro atoms. The topological polar surface area (TPSA) is 64.1 Å². The van der Waals surface area contributed by atoms with Crippen LogP contribution in [0.5, 0.6) is 0 Å². The van der Waals surface area contributed by atoms with E-state index in [1.165, 1.54) is 0 Å². The Balaban J connectivity index is 2.26. The Bertz CT molecular complexity index is 612. The molecule has 0 aliphatic carbocycles. The second-order valence-corrected chi connectivity index (χ2v) is 5.11.